The van der Waals surface area contributed by atoms with Crippen molar-refractivity contribution < 1.29 is 23.9 Å². The van der Waals surface area contributed by atoms with E-state index in [1.54, 1.807) is 45.0 Å². The first-order chi connectivity index (χ1) is 12.1. The van der Waals surface area contributed by atoms with Crippen LogP contribution < -0.4 is 0 Å². The maximum atomic E-state index is 13.3. The van der Waals surface area contributed by atoms with Gasteiger partial charge < -0.3 is 9.47 Å². The van der Waals surface area contributed by atoms with Crippen LogP contribution >= 0.6 is 15.9 Å². The van der Waals surface area contributed by atoms with Gasteiger partial charge in [0.1, 0.15) is 5.60 Å². The van der Waals surface area contributed by atoms with E-state index in [0.717, 1.165) is 4.47 Å². The number of rotatable bonds is 6. The zero-order valence-corrected chi connectivity index (χ0v) is 17.3. The van der Waals surface area contributed by atoms with E-state index < -0.39 is 35.3 Å². The van der Waals surface area contributed by atoms with Crippen molar-refractivity contribution in [2.75, 3.05) is 6.61 Å². The Morgan fingerprint density at radius 1 is 1.23 bits per heavy atom. The Morgan fingerprint density at radius 3 is 2.31 bits per heavy atom. The van der Waals surface area contributed by atoms with Crippen molar-refractivity contribution in [1.82, 2.24) is 0 Å². The van der Waals surface area contributed by atoms with Crippen LogP contribution in [0.3, 0.4) is 0 Å². The van der Waals surface area contributed by atoms with Gasteiger partial charge in [-0.15, -0.1) is 0 Å². The summed E-state index contributed by atoms with van der Waals surface area (Å²) in [6.45, 7) is 9.19. The third kappa shape index (κ3) is 4.00. The largest absolute Gasteiger partial charge is 0.465 e. The third-order valence-electron chi connectivity index (χ3n) is 4.86. The van der Waals surface area contributed by atoms with Gasteiger partial charge >= 0.3 is 11.9 Å². The molecule has 0 saturated carbocycles. The van der Waals surface area contributed by atoms with Gasteiger partial charge in [0.2, 0.25) is 0 Å². The lowest BCUT2D eigenvalue weighted by atomic mass is 9.67. The van der Waals surface area contributed by atoms with Crippen LogP contribution in [-0.4, -0.2) is 29.9 Å². The van der Waals surface area contributed by atoms with Gasteiger partial charge in [-0.05, 0) is 38.8 Å². The number of ether oxygens (including phenoxy) is 2. The molecule has 1 fully saturated rings. The van der Waals surface area contributed by atoms with Gasteiger partial charge in [0.05, 0.1) is 6.61 Å². The lowest BCUT2D eigenvalue weighted by Crippen LogP contribution is -2.44. The molecular formula is C20H25BrO5. The second-order valence-corrected chi connectivity index (χ2v) is 8.34. The monoisotopic (exact) mass is 424 g/mol. The summed E-state index contributed by atoms with van der Waals surface area (Å²) in [6.07, 6.45) is 0. The molecule has 0 N–H and O–H groups in total. The lowest BCUT2D eigenvalue weighted by Gasteiger charge is -2.35. The Kier molecular flexibility index (Phi) is 6.27. The Labute approximate surface area is 162 Å². The number of esters is 2. The Balaban J connectivity index is 2.47. The number of carbonyl (C=O) groups is 3. The predicted molar refractivity (Wildman–Crippen MR) is 101 cm³/mol. The maximum absolute atomic E-state index is 13.3. The Morgan fingerprint density at radius 2 is 1.81 bits per heavy atom. The number of hydrogen-bond donors (Lipinski definition) is 0. The molecule has 142 valence electrons. The number of carbonyl (C=O) groups excluding carboxylic acids is 3. The van der Waals surface area contributed by atoms with Gasteiger partial charge in [-0.2, -0.15) is 0 Å². The molecule has 3 atom stereocenters. The fourth-order valence-electron chi connectivity index (χ4n) is 3.74. The molecule has 1 aromatic rings. The van der Waals surface area contributed by atoms with Crippen LogP contribution in [0.15, 0.2) is 28.7 Å². The van der Waals surface area contributed by atoms with Crippen LogP contribution in [-0.2, 0) is 19.1 Å². The summed E-state index contributed by atoms with van der Waals surface area (Å²) in [7, 11) is 0. The molecule has 1 heterocycles. The van der Waals surface area contributed by atoms with Crippen LogP contribution in [0.2, 0.25) is 0 Å². The first kappa shape index (κ1) is 20.6. The minimum atomic E-state index is -1.09. The predicted octanol–water partition coefficient (Wildman–Crippen LogP) is 4.03. The van der Waals surface area contributed by atoms with Gasteiger partial charge in [-0.3, -0.25) is 14.4 Å². The van der Waals surface area contributed by atoms with Gasteiger partial charge in [-0.1, -0.05) is 41.9 Å². The third-order valence-corrected chi connectivity index (χ3v) is 5.39. The van der Waals surface area contributed by atoms with E-state index in [-0.39, 0.29) is 18.3 Å². The second kappa shape index (κ2) is 7.91. The summed E-state index contributed by atoms with van der Waals surface area (Å²) in [5.41, 5.74) is -0.390. The molecule has 2 rings (SSSR count). The molecule has 0 bridgehead atoms. The van der Waals surface area contributed by atoms with Crippen LogP contribution in [0.4, 0.5) is 0 Å². The molecule has 5 nitrogen and oxygen atoms in total. The van der Waals surface area contributed by atoms with Crippen LogP contribution in [0, 0.1) is 23.7 Å². The minimum Gasteiger partial charge on any atom is -0.465 e. The number of ketones is 1. The van der Waals surface area contributed by atoms with Crippen molar-refractivity contribution in [3.8, 4) is 0 Å². The number of Topliss-reactive ketones (excluding diaryl/α,β-unsaturated/α-hetero) is 1. The van der Waals surface area contributed by atoms with Crippen molar-refractivity contribution in [3.63, 3.8) is 0 Å². The summed E-state index contributed by atoms with van der Waals surface area (Å²) >= 11 is 3.36. The molecule has 0 aliphatic carbocycles. The van der Waals surface area contributed by atoms with Crippen molar-refractivity contribution in [2.24, 2.45) is 23.7 Å². The van der Waals surface area contributed by atoms with E-state index >= 15 is 0 Å². The molecule has 0 spiro atoms. The fraction of sp³-hybridized carbons (Fsp3) is 0.550. The van der Waals surface area contributed by atoms with E-state index in [0.29, 0.717) is 5.56 Å². The standard InChI is InChI=1S/C20H25BrO5/c1-6-25-18(23)15-16(20(4,5)26-19(15)24)14(11(2)3)17(22)12-7-9-13(21)10-8-12/h7-11,14-16H,6H2,1-5H3/t14-,15-,16+/m1/s1. The van der Waals surface area contributed by atoms with Crippen molar-refractivity contribution >= 4 is 33.7 Å². The summed E-state index contributed by atoms with van der Waals surface area (Å²) in [4.78, 5) is 38.1. The van der Waals surface area contributed by atoms with Crippen molar-refractivity contribution in [1.29, 1.82) is 0 Å². The minimum absolute atomic E-state index is 0.0816. The molecule has 1 aliphatic heterocycles. The molecule has 0 amide bonds. The number of hydrogen-bond acceptors (Lipinski definition) is 5. The molecular weight excluding hydrogens is 400 g/mol. The molecule has 1 saturated heterocycles. The average Bonchev–Trinajstić information content (AvgIpc) is 2.77. The number of cyclic esters (lactones) is 1. The zero-order chi connectivity index (χ0) is 19.6. The highest BCUT2D eigenvalue weighted by atomic mass is 79.9. The van der Waals surface area contributed by atoms with Crippen LogP contribution in [0.1, 0.15) is 45.0 Å². The fourth-order valence-corrected chi connectivity index (χ4v) is 4.00. The highest BCUT2D eigenvalue weighted by Crippen LogP contribution is 2.46. The molecule has 1 aliphatic rings. The van der Waals surface area contributed by atoms with E-state index in [2.05, 4.69) is 15.9 Å². The normalized spacial score (nSPS) is 22.8. The van der Waals surface area contributed by atoms with E-state index in [9.17, 15) is 14.4 Å². The van der Waals surface area contributed by atoms with Crippen LogP contribution in [0.5, 0.6) is 0 Å². The number of benzene rings is 1. The van der Waals surface area contributed by atoms with Crippen molar-refractivity contribution in [3.05, 3.63) is 34.3 Å². The van der Waals surface area contributed by atoms with Gasteiger partial charge in [-0.25, -0.2) is 0 Å². The number of halogens is 1. The SMILES string of the molecule is CCOC(=O)[C@@H]1C(=O)OC(C)(C)[C@H]1[C@H](C(=O)c1ccc(Br)cc1)C(C)C. The molecule has 0 unspecified atom stereocenters. The average molecular weight is 425 g/mol. The lowest BCUT2D eigenvalue weighted by molar-refractivity contribution is -0.157. The molecule has 0 radical (unpaired) electrons. The molecule has 1 aromatic carbocycles. The zero-order valence-electron chi connectivity index (χ0n) is 15.7. The van der Waals surface area contributed by atoms with E-state index in [1.807, 2.05) is 13.8 Å². The molecule has 26 heavy (non-hydrogen) atoms. The second-order valence-electron chi connectivity index (χ2n) is 7.42. The first-order valence-corrected chi connectivity index (χ1v) is 9.58. The van der Waals surface area contributed by atoms with Crippen molar-refractivity contribution in [2.45, 2.75) is 40.2 Å². The van der Waals surface area contributed by atoms with Crippen LogP contribution in [0.25, 0.3) is 0 Å². The molecule has 6 heteroatoms. The van der Waals surface area contributed by atoms with Gasteiger partial charge in [0.25, 0.3) is 0 Å². The maximum Gasteiger partial charge on any atom is 0.321 e. The quantitative estimate of drug-likeness (QED) is 0.391. The van der Waals surface area contributed by atoms with E-state index in [1.165, 1.54) is 0 Å². The Hall–Kier alpha value is -1.69. The molecule has 0 aromatic heterocycles. The smallest absolute Gasteiger partial charge is 0.321 e. The summed E-state index contributed by atoms with van der Waals surface area (Å²) in [6, 6.07) is 7.08. The summed E-state index contributed by atoms with van der Waals surface area (Å²) < 4.78 is 11.4. The summed E-state index contributed by atoms with van der Waals surface area (Å²) in [5, 5.41) is 0. The highest BCUT2D eigenvalue weighted by molar-refractivity contribution is 9.10. The topological polar surface area (TPSA) is 69.7 Å². The first-order valence-electron chi connectivity index (χ1n) is 8.79. The van der Waals surface area contributed by atoms with Gasteiger partial charge in [0, 0.05) is 21.9 Å². The highest BCUT2D eigenvalue weighted by Gasteiger charge is 2.59. The summed E-state index contributed by atoms with van der Waals surface area (Å²) in [5.74, 6) is -3.65. The van der Waals surface area contributed by atoms with E-state index in [4.69, 9.17) is 9.47 Å². The Bertz CT molecular complexity index is 693. The van der Waals surface area contributed by atoms with Gasteiger partial charge in [0.15, 0.2) is 11.7 Å².